The van der Waals surface area contributed by atoms with Crippen LogP contribution in [-0.2, 0) is 0 Å². The van der Waals surface area contributed by atoms with Gasteiger partial charge in [-0.3, -0.25) is 15.5 Å². The molecule has 0 fully saturated rings. The zero-order valence-electron chi connectivity index (χ0n) is 12.2. The monoisotopic (exact) mass is 379 g/mol. The number of phenolic OH excluding ortho intramolecular Hbond substituents is 1. The van der Waals surface area contributed by atoms with Crippen molar-refractivity contribution in [3.63, 3.8) is 0 Å². The summed E-state index contributed by atoms with van der Waals surface area (Å²) in [5.41, 5.74) is 4.13. The van der Waals surface area contributed by atoms with Crippen molar-refractivity contribution in [1.29, 1.82) is 0 Å². The highest BCUT2D eigenvalue weighted by atomic mass is 79.9. The van der Waals surface area contributed by atoms with Crippen LogP contribution in [0.15, 0.2) is 46.0 Å². The topological polar surface area (TPSA) is 97.0 Å². The molecule has 0 saturated heterocycles. The highest BCUT2D eigenvalue weighted by molar-refractivity contribution is 9.10. The van der Waals surface area contributed by atoms with Crippen LogP contribution in [0.1, 0.15) is 12.5 Å². The Hall–Kier alpha value is -2.61. The fourth-order valence-electron chi connectivity index (χ4n) is 1.77. The van der Waals surface area contributed by atoms with Crippen LogP contribution < -0.4 is 10.2 Å². The van der Waals surface area contributed by atoms with Gasteiger partial charge in [0.05, 0.1) is 27.9 Å². The van der Waals surface area contributed by atoms with Crippen LogP contribution in [0.2, 0.25) is 0 Å². The van der Waals surface area contributed by atoms with E-state index in [1.165, 1.54) is 12.1 Å². The van der Waals surface area contributed by atoms with Gasteiger partial charge in [0, 0.05) is 12.1 Å². The van der Waals surface area contributed by atoms with Gasteiger partial charge in [0.15, 0.2) is 11.5 Å². The average Bonchev–Trinajstić information content (AvgIpc) is 2.53. The van der Waals surface area contributed by atoms with E-state index in [9.17, 15) is 15.2 Å². The second-order valence-electron chi connectivity index (χ2n) is 4.46. The maximum atomic E-state index is 10.6. The number of non-ortho nitro benzene ring substituents is 1. The molecule has 0 aliphatic heterocycles. The van der Waals surface area contributed by atoms with E-state index >= 15 is 0 Å². The first-order valence-corrected chi connectivity index (χ1v) is 7.49. The molecule has 8 heteroatoms. The van der Waals surface area contributed by atoms with Crippen LogP contribution in [0.25, 0.3) is 0 Å². The zero-order chi connectivity index (χ0) is 16.8. The molecule has 0 heterocycles. The number of benzene rings is 2. The summed E-state index contributed by atoms with van der Waals surface area (Å²) in [5.74, 6) is 0.394. The van der Waals surface area contributed by atoms with Gasteiger partial charge in [0.2, 0.25) is 0 Å². The normalized spacial score (nSPS) is 10.7. The zero-order valence-corrected chi connectivity index (χ0v) is 13.8. The van der Waals surface area contributed by atoms with Crippen LogP contribution in [0.3, 0.4) is 0 Å². The molecule has 0 bridgehead atoms. The van der Waals surface area contributed by atoms with Crippen LogP contribution in [0.4, 0.5) is 11.4 Å². The number of hydrazone groups is 1. The van der Waals surface area contributed by atoms with Crippen LogP contribution in [0, 0.1) is 10.1 Å². The van der Waals surface area contributed by atoms with Gasteiger partial charge in [0.25, 0.3) is 5.69 Å². The lowest BCUT2D eigenvalue weighted by Gasteiger charge is -2.08. The lowest BCUT2D eigenvalue weighted by Crippen LogP contribution is -1.95. The molecule has 2 rings (SSSR count). The number of nitrogens with one attached hydrogen (secondary N) is 1. The van der Waals surface area contributed by atoms with Gasteiger partial charge in [-0.1, -0.05) is 0 Å². The van der Waals surface area contributed by atoms with Crippen molar-refractivity contribution in [2.45, 2.75) is 6.92 Å². The lowest BCUT2D eigenvalue weighted by atomic mass is 10.2. The summed E-state index contributed by atoms with van der Waals surface area (Å²) in [4.78, 5) is 10.1. The number of ether oxygens (including phenoxy) is 1. The lowest BCUT2D eigenvalue weighted by molar-refractivity contribution is -0.384. The van der Waals surface area contributed by atoms with Crippen molar-refractivity contribution >= 4 is 33.5 Å². The molecule has 120 valence electrons. The Morgan fingerprint density at radius 2 is 2.09 bits per heavy atom. The van der Waals surface area contributed by atoms with Crippen LogP contribution >= 0.6 is 15.9 Å². The van der Waals surface area contributed by atoms with Gasteiger partial charge in [-0.2, -0.15) is 5.10 Å². The van der Waals surface area contributed by atoms with E-state index in [0.717, 1.165) is 0 Å². The van der Waals surface area contributed by atoms with Crippen LogP contribution in [-0.4, -0.2) is 22.9 Å². The third-order valence-corrected chi connectivity index (χ3v) is 3.44. The number of phenols is 1. The van der Waals surface area contributed by atoms with E-state index in [0.29, 0.717) is 28.1 Å². The molecule has 0 atom stereocenters. The highest BCUT2D eigenvalue weighted by Crippen LogP contribution is 2.35. The van der Waals surface area contributed by atoms with Gasteiger partial charge in [-0.15, -0.1) is 0 Å². The highest BCUT2D eigenvalue weighted by Gasteiger charge is 2.08. The summed E-state index contributed by atoms with van der Waals surface area (Å²) in [7, 11) is 0. The summed E-state index contributed by atoms with van der Waals surface area (Å²) in [6.45, 7) is 2.26. The fourth-order valence-corrected chi connectivity index (χ4v) is 2.23. The first-order valence-electron chi connectivity index (χ1n) is 6.70. The van der Waals surface area contributed by atoms with Gasteiger partial charge in [-0.25, -0.2) is 0 Å². The first-order chi connectivity index (χ1) is 11.0. The number of nitro groups is 1. The summed E-state index contributed by atoms with van der Waals surface area (Å²) in [5, 5.41) is 24.5. The average molecular weight is 380 g/mol. The van der Waals surface area contributed by atoms with Crippen LogP contribution in [0.5, 0.6) is 11.5 Å². The molecule has 0 aromatic heterocycles. The molecule has 0 spiro atoms. The standard InChI is InChI=1S/C15H14BrN3O4/c1-2-23-14-8-10(7-13(16)15(14)20)9-17-18-11-3-5-12(6-4-11)19(21)22/h3-9,18,20H,2H2,1H3/b17-9+. The molecule has 0 radical (unpaired) electrons. The number of aromatic hydroxyl groups is 1. The molecule has 0 saturated carbocycles. The number of hydrogen-bond acceptors (Lipinski definition) is 6. The third-order valence-electron chi connectivity index (χ3n) is 2.84. The smallest absolute Gasteiger partial charge is 0.269 e. The molecule has 2 aromatic rings. The second kappa shape index (κ2) is 7.59. The van der Waals surface area contributed by atoms with E-state index in [1.807, 2.05) is 6.92 Å². The van der Waals surface area contributed by atoms with E-state index in [4.69, 9.17) is 4.74 Å². The van der Waals surface area contributed by atoms with E-state index in [1.54, 1.807) is 30.5 Å². The van der Waals surface area contributed by atoms with Gasteiger partial charge >= 0.3 is 0 Å². The number of halogens is 1. The SMILES string of the molecule is CCOc1cc(/C=N/Nc2ccc([N+](=O)[O-])cc2)cc(Br)c1O. The molecule has 2 aromatic carbocycles. The molecule has 0 aliphatic rings. The number of hydrogen-bond donors (Lipinski definition) is 2. The molecular weight excluding hydrogens is 366 g/mol. The minimum atomic E-state index is -0.462. The maximum Gasteiger partial charge on any atom is 0.269 e. The largest absolute Gasteiger partial charge is 0.503 e. The molecule has 7 nitrogen and oxygen atoms in total. The van der Waals surface area contributed by atoms with E-state index < -0.39 is 4.92 Å². The summed E-state index contributed by atoms with van der Waals surface area (Å²) in [6.07, 6.45) is 1.55. The van der Waals surface area contributed by atoms with Crippen molar-refractivity contribution in [3.8, 4) is 11.5 Å². The van der Waals surface area contributed by atoms with E-state index in [2.05, 4.69) is 26.5 Å². The number of anilines is 1. The number of nitrogens with zero attached hydrogens (tertiary/aromatic N) is 2. The summed E-state index contributed by atoms with van der Waals surface area (Å²) >= 11 is 3.25. The predicted octanol–water partition coefficient (Wildman–Crippen LogP) is 3.91. The number of nitro benzene ring substituents is 1. The number of rotatable bonds is 6. The summed E-state index contributed by atoms with van der Waals surface area (Å²) < 4.78 is 5.83. The van der Waals surface area contributed by atoms with Gasteiger partial charge in [0.1, 0.15) is 0 Å². The van der Waals surface area contributed by atoms with Crippen molar-refractivity contribution < 1.29 is 14.8 Å². The fraction of sp³-hybridized carbons (Fsp3) is 0.133. The molecule has 0 aliphatic carbocycles. The molecule has 0 amide bonds. The maximum absolute atomic E-state index is 10.6. The third kappa shape index (κ3) is 4.43. The minimum Gasteiger partial charge on any atom is -0.503 e. The Labute approximate surface area is 140 Å². The van der Waals surface area contributed by atoms with Crippen molar-refractivity contribution in [2.24, 2.45) is 5.10 Å². The van der Waals surface area contributed by atoms with E-state index in [-0.39, 0.29) is 11.4 Å². The second-order valence-corrected chi connectivity index (χ2v) is 5.31. The van der Waals surface area contributed by atoms with Crippen molar-refractivity contribution in [3.05, 3.63) is 56.5 Å². The Balaban J connectivity index is 2.09. The Morgan fingerprint density at radius 3 is 2.70 bits per heavy atom. The predicted molar refractivity (Wildman–Crippen MR) is 91.3 cm³/mol. The Bertz CT molecular complexity index is 732. The van der Waals surface area contributed by atoms with Gasteiger partial charge < -0.3 is 9.84 Å². The van der Waals surface area contributed by atoms with Gasteiger partial charge in [-0.05, 0) is 52.7 Å². The first kappa shape index (κ1) is 16.8. The Morgan fingerprint density at radius 1 is 1.39 bits per heavy atom. The molecule has 2 N–H and O–H groups in total. The molecular formula is C15H14BrN3O4. The molecule has 23 heavy (non-hydrogen) atoms. The minimum absolute atomic E-state index is 0.0170. The quantitative estimate of drug-likeness (QED) is 0.450. The van der Waals surface area contributed by atoms with Crippen molar-refractivity contribution in [2.75, 3.05) is 12.0 Å². The summed E-state index contributed by atoms with van der Waals surface area (Å²) in [6, 6.07) is 9.26. The Kier molecular flexibility index (Phi) is 5.53. The molecule has 0 unspecified atom stereocenters. The van der Waals surface area contributed by atoms with Crippen molar-refractivity contribution in [1.82, 2.24) is 0 Å².